The van der Waals surface area contributed by atoms with Crippen molar-refractivity contribution in [3.05, 3.63) is 16.3 Å². The number of rotatable bonds is 6. The third-order valence-corrected chi connectivity index (χ3v) is 5.09. The lowest BCUT2D eigenvalue weighted by molar-refractivity contribution is 0.185. The summed E-state index contributed by atoms with van der Waals surface area (Å²) in [5.41, 5.74) is 5.44. The molecule has 0 amide bonds. The predicted molar refractivity (Wildman–Crippen MR) is 63.9 cm³/mol. The fourth-order valence-electron chi connectivity index (χ4n) is 1.12. The second kappa shape index (κ2) is 5.74. The molecule has 16 heavy (non-hydrogen) atoms. The Labute approximate surface area is 99.9 Å². The van der Waals surface area contributed by atoms with Gasteiger partial charge in [-0.2, -0.15) is 4.31 Å². The summed E-state index contributed by atoms with van der Waals surface area (Å²) in [5, 5.41) is 1.61. The Kier molecular flexibility index (Phi) is 4.88. The Morgan fingerprint density at radius 1 is 1.56 bits per heavy atom. The van der Waals surface area contributed by atoms with Crippen LogP contribution >= 0.6 is 11.3 Å². The standard InChI is InChI=1S/C9H16N2O3S2/c1-11(3-4-14-2)16(12,13)9-5-8(6-10)15-7-9/h5,7H,3-4,6,10H2,1-2H3. The molecule has 0 aliphatic carbocycles. The van der Waals surface area contributed by atoms with Gasteiger partial charge in [0.05, 0.1) is 11.5 Å². The Morgan fingerprint density at radius 2 is 2.25 bits per heavy atom. The zero-order valence-electron chi connectivity index (χ0n) is 9.34. The summed E-state index contributed by atoms with van der Waals surface area (Å²) in [5.74, 6) is 0. The van der Waals surface area contributed by atoms with E-state index in [2.05, 4.69) is 0 Å². The summed E-state index contributed by atoms with van der Waals surface area (Å²) in [6.07, 6.45) is 0. The SMILES string of the molecule is COCCN(C)S(=O)(=O)c1csc(CN)c1. The van der Waals surface area contributed by atoms with Crippen molar-refractivity contribution in [1.29, 1.82) is 0 Å². The fourth-order valence-corrected chi connectivity index (χ4v) is 3.42. The van der Waals surface area contributed by atoms with Crippen LogP contribution in [0.25, 0.3) is 0 Å². The van der Waals surface area contributed by atoms with Crippen molar-refractivity contribution in [3.63, 3.8) is 0 Å². The largest absolute Gasteiger partial charge is 0.383 e. The van der Waals surface area contributed by atoms with Gasteiger partial charge in [0.25, 0.3) is 0 Å². The van der Waals surface area contributed by atoms with Crippen LogP contribution in [-0.4, -0.2) is 40.0 Å². The number of nitrogens with two attached hydrogens (primary N) is 1. The second-order valence-electron chi connectivity index (χ2n) is 3.27. The zero-order chi connectivity index (χ0) is 12.2. The maximum absolute atomic E-state index is 12.0. The van der Waals surface area contributed by atoms with Crippen LogP contribution in [0.3, 0.4) is 0 Å². The van der Waals surface area contributed by atoms with Gasteiger partial charge in [-0.1, -0.05) is 0 Å². The first-order valence-electron chi connectivity index (χ1n) is 4.75. The molecule has 1 heterocycles. The molecule has 92 valence electrons. The smallest absolute Gasteiger partial charge is 0.243 e. The Hall–Kier alpha value is -0.470. The average molecular weight is 264 g/mol. The van der Waals surface area contributed by atoms with Gasteiger partial charge in [0.2, 0.25) is 10.0 Å². The van der Waals surface area contributed by atoms with E-state index in [1.54, 1.807) is 11.4 Å². The third-order valence-electron chi connectivity index (χ3n) is 2.15. The molecule has 5 nitrogen and oxygen atoms in total. The lowest BCUT2D eigenvalue weighted by Gasteiger charge is -2.15. The monoisotopic (exact) mass is 264 g/mol. The van der Waals surface area contributed by atoms with E-state index in [9.17, 15) is 8.42 Å². The van der Waals surface area contributed by atoms with Gasteiger partial charge in [-0.15, -0.1) is 11.3 Å². The molecule has 1 aromatic heterocycles. The first-order chi connectivity index (χ1) is 7.52. The number of hydrogen-bond acceptors (Lipinski definition) is 5. The minimum Gasteiger partial charge on any atom is -0.383 e. The van der Waals surface area contributed by atoms with Crippen molar-refractivity contribution in [3.8, 4) is 0 Å². The molecule has 0 saturated heterocycles. The number of nitrogens with zero attached hydrogens (tertiary/aromatic N) is 1. The number of likely N-dealkylation sites (N-methyl/N-ethyl adjacent to an activating group) is 1. The highest BCUT2D eigenvalue weighted by Crippen LogP contribution is 2.21. The van der Waals surface area contributed by atoms with Crippen LogP contribution < -0.4 is 5.73 Å². The molecule has 0 saturated carbocycles. The van der Waals surface area contributed by atoms with Gasteiger partial charge in [0, 0.05) is 37.5 Å². The van der Waals surface area contributed by atoms with E-state index in [-0.39, 0.29) is 0 Å². The van der Waals surface area contributed by atoms with Crippen molar-refractivity contribution >= 4 is 21.4 Å². The summed E-state index contributed by atoms with van der Waals surface area (Å²) >= 11 is 1.36. The highest BCUT2D eigenvalue weighted by molar-refractivity contribution is 7.89. The van der Waals surface area contributed by atoms with Crippen molar-refractivity contribution in [2.24, 2.45) is 5.73 Å². The van der Waals surface area contributed by atoms with Crippen molar-refractivity contribution < 1.29 is 13.2 Å². The van der Waals surface area contributed by atoms with Gasteiger partial charge in [-0.25, -0.2) is 8.42 Å². The number of ether oxygens (including phenoxy) is 1. The molecule has 0 aliphatic rings. The average Bonchev–Trinajstić information content (AvgIpc) is 2.74. The summed E-state index contributed by atoms with van der Waals surface area (Å²) in [7, 11) is -0.317. The third kappa shape index (κ3) is 3.02. The molecular formula is C9H16N2O3S2. The first-order valence-corrected chi connectivity index (χ1v) is 7.07. The minimum absolute atomic E-state index is 0.302. The molecular weight excluding hydrogens is 248 g/mol. The van der Waals surface area contributed by atoms with Crippen LogP contribution in [0.5, 0.6) is 0 Å². The Bertz CT molecular complexity index is 428. The van der Waals surface area contributed by atoms with Crippen LogP contribution in [0.1, 0.15) is 4.88 Å². The molecule has 2 N–H and O–H groups in total. The molecule has 0 radical (unpaired) electrons. The lowest BCUT2D eigenvalue weighted by Crippen LogP contribution is -2.29. The summed E-state index contributed by atoms with van der Waals surface area (Å²) in [6, 6.07) is 1.61. The van der Waals surface area contributed by atoms with Crippen molar-refractivity contribution in [2.75, 3.05) is 27.3 Å². The summed E-state index contributed by atoms with van der Waals surface area (Å²) in [4.78, 5) is 1.16. The van der Waals surface area contributed by atoms with Crippen molar-refractivity contribution in [1.82, 2.24) is 4.31 Å². The molecule has 1 aromatic rings. The maximum Gasteiger partial charge on any atom is 0.243 e. The van der Waals surface area contributed by atoms with E-state index in [1.807, 2.05) is 0 Å². The van der Waals surface area contributed by atoms with Gasteiger partial charge in [-0.05, 0) is 6.07 Å². The van der Waals surface area contributed by atoms with E-state index >= 15 is 0 Å². The molecule has 0 bridgehead atoms. The summed E-state index contributed by atoms with van der Waals surface area (Å²) < 4.78 is 30.1. The molecule has 0 unspecified atom stereocenters. The van der Waals surface area contributed by atoms with Gasteiger partial charge in [-0.3, -0.25) is 0 Å². The van der Waals surface area contributed by atoms with Crippen molar-refractivity contribution in [2.45, 2.75) is 11.4 Å². The molecule has 0 aromatic carbocycles. The molecule has 1 rings (SSSR count). The van der Waals surface area contributed by atoms with Crippen LogP contribution in [-0.2, 0) is 21.3 Å². The highest BCUT2D eigenvalue weighted by atomic mass is 32.2. The van der Waals surface area contributed by atoms with Gasteiger partial charge < -0.3 is 10.5 Å². The quantitative estimate of drug-likeness (QED) is 0.811. The van der Waals surface area contributed by atoms with E-state index in [0.29, 0.717) is 24.6 Å². The maximum atomic E-state index is 12.0. The normalized spacial score (nSPS) is 12.2. The molecule has 0 atom stereocenters. The number of hydrogen-bond donors (Lipinski definition) is 1. The van der Waals surface area contributed by atoms with Crippen LogP contribution in [0.4, 0.5) is 0 Å². The molecule has 0 spiro atoms. The lowest BCUT2D eigenvalue weighted by atomic mass is 10.5. The topological polar surface area (TPSA) is 72.6 Å². The first kappa shape index (κ1) is 13.6. The predicted octanol–water partition coefficient (Wildman–Crippen LogP) is 0.474. The Morgan fingerprint density at radius 3 is 2.75 bits per heavy atom. The molecule has 7 heteroatoms. The van der Waals surface area contributed by atoms with E-state index in [1.165, 1.54) is 29.8 Å². The molecule has 0 fully saturated rings. The zero-order valence-corrected chi connectivity index (χ0v) is 11.0. The van der Waals surface area contributed by atoms with Gasteiger partial charge >= 0.3 is 0 Å². The van der Waals surface area contributed by atoms with E-state index < -0.39 is 10.0 Å². The number of thiophene rings is 1. The van der Waals surface area contributed by atoms with Crippen LogP contribution in [0.2, 0.25) is 0 Å². The fraction of sp³-hybridized carbons (Fsp3) is 0.556. The number of methoxy groups -OCH3 is 1. The highest BCUT2D eigenvalue weighted by Gasteiger charge is 2.21. The van der Waals surface area contributed by atoms with E-state index in [0.717, 1.165) is 4.88 Å². The molecule has 0 aliphatic heterocycles. The van der Waals surface area contributed by atoms with Gasteiger partial charge in [0.15, 0.2) is 0 Å². The van der Waals surface area contributed by atoms with Gasteiger partial charge in [0.1, 0.15) is 0 Å². The summed E-state index contributed by atoms with van der Waals surface area (Å²) in [6.45, 7) is 1.08. The van der Waals surface area contributed by atoms with Crippen LogP contribution in [0.15, 0.2) is 16.3 Å². The number of sulfonamides is 1. The van der Waals surface area contributed by atoms with E-state index in [4.69, 9.17) is 10.5 Å². The Balaban J connectivity index is 2.84. The second-order valence-corrected chi connectivity index (χ2v) is 6.31. The van der Waals surface area contributed by atoms with Crippen LogP contribution in [0, 0.1) is 0 Å². The minimum atomic E-state index is -3.39.